The number of hydrogen-bond donors (Lipinski definition) is 1. The molecule has 0 bridgehead atoms. The van der Waals surface area contributed by atoms with Crippen molar-refractivity contribution in [2.45, 2.75) is 6.92 Å². The Kier molecular flexibility index (Phi) is 3.62. The number of esters is 1. The lowest BCUT2D eigenvalue weighted by molar-refractivity contribution is -0.114. The minimum absolute atomic E-state index is 0.113. The summed E-state index contributed by atoms with van der Waals surface area (Å²) in [4.78, 5) is 25.8. The predicted octanol–water partition coefficient (Wildman–Crippen LogP) is 1.48. The Labute approximate surface area is 91.4 Å². The third kappa shape index (κ3) is 3.21. The summed E-state index contributed by atoms with van der Waals surface area (Å²) in [5.41, 5.74) is 0.237. The van der Waals surface area contributed by atoms with E-state index >= 15 is 0 Å². The molecule has 0 atom stereocenters. The Morgan fingerprint density at radius 1 is 1.47 bits per heavy atom. The molecular weight excluding hydrogens is 220 g/mol. The van der Waals surface area contributed by atoms with E-state index in [1.807, 2.05) is 0 Å². The summed E-state index contributed by atoms with van der Waals surface area (Å²) in [6.07, 6.45) is 0. The van der Waals surface area contributed by atoms with Gasteiger partial charge in [-0.3, -0.25) is 4.79 Å². The van der Waals surface area contributed by atoms with Crippen molar-refractivity contribution >= 4 is 29.3 Å². The fourth-order valence-electron chi connectivity index (χ4n) is 0.977. The Morgan fingerprint density at radius 2 is 2.13 bits per heavy atom. The molecule has 0 aromatic carbocycles. The molecule has 1 heterocycles. The molecule has 0 aliphatic carbocycles. The maximum absolute atomic E-state index is 11.2. The summed E-state index contributed by atoms with van der Waals surface area (Å²) in [6, 6.07) is 2.75. The van der Waals surface area contributed by atoms with Crippen LogP contribution < -0.4 is 5.32 Å². The molecule has 6 heteroatoms. The summed E-state index contributed by atoms with van der Waals surface area (Å²) < 4.78 is 4.51. The summed E-state index contributed by atoms with van der Waals surface area (Å²) >= 11 is 5.66. The third-order valence-electron chi connectivity index (χ3n) is 1.52. The number of aromatic nitrogens is 1. The van der Waals surface area contributed by atoms with Crippen LogP contribution in [0.2, 0.25) is 5.15 Å². The topological polar surface area (TPSA) is 68.3 Å². The lowest BCUT2D eigenvalue weighted by Gasteiger charge is -2.04. The first-order valence-corrected chi connectivity index (χ1v) is 4.44. The molecule has 1 rings (SSSR count). The van der Waals surface area contributed by atoms with E-state index in [-0.39, 0.29) is 22.4 Å². The molecule has 0 radical (unpaired) electrons. The van der Waals surface area contributed by atoms with Crippen molar-refractivity contribution in [3.8, 4) is 0 Å². The average Bonchev–Trinajstić information content (AvgIpc) is 2.14. The number of nitrogens with one attached hydrogen (secondary N) is 1. The SMILES string of the molecule is COC(=O)c1cc(Cl)nc(NC(C)=O)c1. The fourth-order valence-corrected chi connectivity index (χ4v) is 1.19. The normalized spacial score (nSPS) is 9.53. The van der Waals surface area contributed by atoms with Gasteiger partial charge in [0.2, 0.25) is 5.91 Å². The first-order valence-electron chi connectivity index (χ1n) is 4.06. The Hall–Kier alpha value is -1.62. The summed E-state index contributed by atoms with van der Waals surface area (Å²) in [7, 11) is 1.26. The van der Waals surface area contributed by atoms with Crippen LogP contribution in [-0.4, -0.2) is 24.0 Å². The van der Waals surface area contributed by atoms with E-state index in [1.165, 1.54) is 26.2 Å². The van der Waals surface area contributed by atoms with E-state index in [4.69, 9.17) is 11.6 Å². The molecule has 1 aromatic rings. The van der Waals surface area contributed by atoms with E-state index in [1.54, 1.807) is 0 Å². The molecule has 80 valence electrons. The van der Waals surface area contributed by atoms with Crippen molar-refractivity contribution in [3.63, 3.8) is 0 Å². The lowest BCUT2D eigenvalue weighted by atomic mass is 10.2. The maximum atomic E-state index is 11.2. The van der Waals surface area contributed by atoms with Crippen LogP contribution in [0, 0.1) is 0 Å². The van der Waals surface area contributed by atoms with Crippen LogP contribution in [0.3, 0.4) is 0 Å². The molecule has 0 saturated carbocycles. The summed E-state index contributed by atoms with van der Waals surface area (Å²) in [6.45, 7) is 1.33. The number of nitrogens with zero attached hydrogens (tertiary/aromatic N) is 1. The van der Waals surface area contributed by atoms with Gasteiger partial charge < -0.3 is 10.1 Å². The zero-order chi connectivity index (χ0) is 11.4. The van der Waals surface area contributed by atoms with Gasteiger partial charge in [0.25, 0.3) is 0 Å². The van der Waals surface area contributed by atoms with Crippen molar-refractivity contribution < 1.29 is 14.3 Å². The predicted molar refractivity (Wildman–Crippen MR) is 54.9 cm³/mol. The van der Waals surface area contributed by atoms with Gasteiger partial charge in [-0.1, -0.05) is 11.6 Å². The minimum Gasteiger partial charge on any atom is -0.465 e. The molecule has 1 aromatic heterocycles. The van der Waals surface area contributed by atoms with Gasteiger partial charge in [-0.25, -0.2) is 9.78 Å². The van der Waals surface area contributed by atoms with Crippen molar-refractivity contribution in [1.29, 1.82) is 0 Å². The first kappa shape index (κ1) is 11.5. The van der Waals surface area contributed by atoms with Crippen LogP contribution in [0.1, 0.15) is 17.3 Å². The number of anilines is 1. The molecule has 0 spiro atoms. The largest absolute Gasteiger partial charge is 0.465 e. The van der Waals surface area contributed by atoms with Gasteiger partial charge in [0.05, 0.1) is 12.7 Å². The molecule has 5 nitrogen and oxygen atoms in total. The summed E-state index contributed by atoms with van der Waals surface area (Å²) in [5.74, 6) is -0.609. The smallest absolute Gasteiger partial charge is 0.338 e. The van der Waals surface area contributed by atoms with E-state index in [0.717, 1.165) is 0 Å². The van der Waals surface area contributed by atoms with E-state index in [2.05, 4.69) is 15.0 Å². The van der Waals surface area contributed by atoms with Gasteiger partial charge in [0, 0.05) is 6.92 Å². The molecule has 1 N–H and O–H groups in total. The zero-order valence-electron chi connectivity index (χ0n) is 8.20. The van der Waals surface area contributed by atoms with Gasteiger partial charge in [-0.05, 0) is 12.1 Å². The van der Waals surface area contributed by atoms with Gasteiger partial charge in [0.15, 0.2) is 0 Å². The fraction of sp³-hybridized carbons (Fsp3) is 0.222. The van der Waals surface area contributed by atoms with Crippen LogP contribution in [0.15, 0.2) is 12.1 Å². The van der Waals surface area contributed by atoms with E-state index < -0.39 is 5.97 Å². The molecule has 0 aliphatic heterocycles. The van der Waals surface area contributed by atoms with Crippen molar-refractivity contribution in [2.24, 2.45) is 0 Å². The Bertz CT molecular complexity index is 406. The molecule has 0 saturated heterocycles. The van der Waals surface area contributed by atoms with E-state index in [0.29, 0.717) is 0 Å². The lowest BCUT2D eigenvalue weighted by Crippen LogP contribution is -2.09. The maximum Gasteiger partial charge on any atom is 0.338 e. The molecular formula is C9H9ClN2O3. The molecule has 0 aliphatic rings. The summed E-state index contributed by atoms with van der Waals surface area (Å²) in [5, 5.41) is 2.54. The number of methoxy groups -OCH3 is 1. The number of pyridine rings is 1. The van der Waals surface area contributed by atoms with Gasteiger partial charge >= 0.3 is 5.97 Å². The number of rotatable bonds is 2. The highest BCUT2D eigenvalue weighted by Gasteiger charge is 2.09. The number of amides is 1. The van der Waals surface area contributed by atoms with Crippen LogP contribution in [-0.2, 0) is 9.53 Å². The second kappa shape index (κ2) is 4.75. The first-order chi connectivity index (χ1) is 7.02. The van der Waals surface area contributed by atoms with Gasteiger partial charge in [-0.2, -0.15) is 0 Å². The van der Waals surface area contributed by atoms with Gasteiger partial charge in [-0.15, -0.1) is 0 Å². The highest BCUT2D eigenvalue weighted by atomic mass is 35.5. The highest BCUT2D eigenvalue weighted by molar-refractivity contribution is 6.29. The van der Waals surface area contributed by atoms with Crippen LogP contribution >= 0.6 is 11.6 Å². The average molecular weight is 229 g/mol. The molecule has 15 heavy (non-hydrogen) atoms. The number of ether oxygens (including phenoxy) is 1. The second-order valence-electron chi connectivity index (χ2n) is 2.74. The van der Waals surface area contributed by atoms with Crippen LogP contribution in [0.5, 0.6) is 0 Å². The number of carbonyl (C=O) groups excluding carboxylic acids is 2. The van der Waals surface area contributed by atoms with Crippen molar-refractivity contribution in [1.82, 2.24) is 4.98 Å². The minimum atomic E-state index is -0.536. The molecule has 0 unspecified atom stereocenters. The van der Waals surface area contributed by atoms with Gasteiger partial charge in [0.1, 0.15) is 11.0 Å². The second-order valence-corrected chi connectivity index (χ2v) is 3.12. The Balaban J connectivity index is 3.04. The van der Waals surface area contributed by atoms with Crippen LogP contribution in [0.4, 0.5) is 5.82 Å². The molecule has 1 amide bonds. The number of carbonyl (C=O) groups is 2. The molecule has 0 fully saturated rings. The highest BCUT2D eigenvalue weighted by Crippen LogP contribution is 2.15. The van der Waals surface area contributed by atoms with Crippen molar-refractivity contribution in [2.75, 3.05) is 12.4 Å². The third-order valence-corrected chi connectivity index (χ3v) is 1.71. The Morgan fingerprint density at radius 3 is 2.67 bits per heavy atom. The zero-order valence-corrected chi connectivity index (χ0v) is 8.96. The van der Waals surface area contributed by atoms with Crippen LogP contribution in [0.25, 0.3) is 0 Å². The number of halogens is 1. The van der Waals surface area contributed by atoms with Crippen molar-refractivity contribution in [3.05, 3.63) is 22.8 Å². The number of hydrogen-bond acceptors (Lipinski definition) is 4. The quantitative estimate of drug-likeness (QED) is 0.615. The monoisotopic (exact) mass is 228 g/mol. The standard InChI is InChI=1S/C9H9ClN2O3/c1-5(13)11-8-4-6(9(14)15-2)3-7(10)12-8/h3-4H,1-2H3,(H,11,12,13). The van der Waals surface area contributed by atoms with E-state index in [9.17, 15) is 9.59 Å².